The van der Waals surface area contributed by atoms with E-state index in [0.29, 0.717) is 0 Å². The molecular formula is C16H14N2O. The SMILES string of the molecule is COc1cccc(/C=C/c2n[nH]c3ccccc23)c1. The van der Waals surface area contributed by atoms with Crippen LogP contribution in [0.3, 0.4) is 0 Å². The van der Waals surface area contributed by atoms with Gasteiger partial charge >= 0.3 is 0 Å². The maximum absolute atomic E-state index is 5.21. The van der Waals surface area contributed by atoms with E-state index in [1.807, 2.05) is 54.6 Å². The summed E-state index contributed by atoms with van der Waals surface area (Å²) < 4.78 is 5.21. The molecular weight excluding hydrogens is 236 g/mol. The summed E-state index contributed by atoms with van der Waals surface area (Å²) in [5.41, 5.74) is 3.08. The Balaban J connectivity index is 1.93. The molecule has 3 nitrogen and oxygen atoms in total. The second kappa shape index (κ2) is 4.98. The van der Waals surface area contributed by atoms with Crippen molar-refractivity contribution in [2.75, 3.05) is 7.11 Å². The van der Waals surface area contributed by atoms with E-state index >= 15 is 0 Å². The van der Waals surface area contributed by atoms with Crippen LogP contribution in [0.1, 0.15) is 11.3 Å². The Labute approximate surface area is 111 Å². The number of nitrogens with one attached hydrogen (secondary N) is 1. The van der Waals surface area contributed by atoms with E-state index in [2.05, 4.69) is 16.3 Å². The number of rotatable bonds is 3. The first-order valence-corrected chi connectivity index (χ1v) is 6.12. The van der Waals surface area contributed by atoms with Gasteiger partial charge in [-0.15, -0.1) is 0 Å². The number of para-hydroxylation sites is 1. The monoisotopic (exact) mass is 250 g/mol. The molecule has 0 amide bonds. The fourth-order valence-corrected chi connectivity index (χ4v) is 2.03. The molecule has 0 saturated heterocycles. The summed E-state index contributed by atoms with van der Waals surface area (Å²) in [6.07, 6.45) is 4.04. The van der Waals surface area contributed by atoms with Gasteiger partial charge in [0.05, 0.1) is 18.3 Å². The third kappa shape index (κ3) is 2.36. The molecule has 0 radical (unpaired) electrons. The second-order valence-electron chi connectivity index (χ2n) is 4.26. The molecule has 0 atom stereocenters. The molecule has 1 aromatic heterocycles. The van der Waals surface area contributed by atoms with E-state index in [0.717, 1.165) is 27.9 Å². The first-order valence-electron chi connectivity index (χ1n) is 6.12. The van der Waals surface area contributed by atoms with E-state index in [9.17, 15) is 0 Å². The molecule has 19 heavy (non-hydrogen) atoms. The lowest BCUT2D eigenvalue weighted by Crippen LogP contribution is -1.82. The van der Waals surface area contributed by atoms with Gasteiger partial charge in [0.1, 0.15) is 5.75 Å². The van der Waals surface area contributed by atoms with Gasteiger partial charge < -0.3 is 4.74 Å². The van der Waals surface area contributed by atoms with Gasteiger partial charge in [-0.05, 0) is 29.8 Å². The molecule has 0 bridgehead atoms. The number of aromatic amines is 1. The minimum atomic E-state index is 0.856. The average molecular weight is 250 g/mol. The Hall–Kier alpha value is -2.55. The van der Waals surface area contributed by atoms with Crippen LogP contribution < -0.4 is 4.74 Å². The van der Waals surface area contributed by atoms with Gasteiger partial charge in [-0.2, -0.15) is 5.10 Å². The van der Waals surface area contributed by atoms with E-state index in [1.54, 1.807) is 7.11 Å². The molecule has 3 aromatic rings. The molecule has 94 valence electrons. The average Bonchev–Trinajstić information content (AvgIpc) is 2.89. The van der Waals surface area contributed by atoms with E-state index in [4.69, 9.17) is 4.74 Å². The zero-order valence-electron chi connectivity index (χ0n) is 10.6. The molecule has 0 unspecified atom stereocenters. The number of hydrogen-bond acceptors (Lipinski definition) is 2. The number of methoxy groups -OCH3 is 1. The lowest BCUT2D eigenvalue weighted by atomic mass is 10.1. The van der Waals surface area contributed by atoms with E-state index in [-0.39, 0.29) is 0 Å². The van der Waals surface area contributed by atoms with Crippen molar-refractivity contribution in [3.05, 3.63) is 59.8 Å². The van der Waals surface area contributed by atoms with Crippen molar-refractivity contribution < 1.29 is 4.74 Å². The molecule has 1 heterocycles. The maximum atomic E-state index is 5.21. The maximum Gasteiger partial charge on any atom is 0.119 e. The summed E-state index contributed by atoms with van der Waals surface area (Å²) in [5.74, 6) is 0.856. The van der Waals surface area contributed by atoms with Crippen LogP contribution in [0.4, 0.5) is 0 Å². The highest BCUT2D eigenvalue weighted by Gasteiger charge is 2.00. The molecule has 2 aromatic carbocycles. The number of aromatic nitrogens is 2. The summed E-state index contributed by atoms with van der Waals surface area (Å²) in [5, 5.41) is 8.46. The van der Waals surface area contributed by atoms with Gasteiger partial charge in [-0.25, -0.2) is 0 Å². The Kier molecular flexibility index (Phi) is 3.02. The van der Waals surface area contributed by atoms with Crippen LogP contribution in [-0.4, -0.2) is 17.3 Å². The summed E-state index contributed by atoms with van der Waals surface area (Å²) in [7, 11) is 1.67. The third-order valence-electron chi connectivity index (χ3n) is 3.03. The Morgan fingerprint density at radius 3 is 2.84 bits per heavy atom. The lowest BCUT2D eigenvalue weighted by Gasteiger charge is -1.99. The summed E-state index contributed by atoms with van der Waals surface area (Å²) in [4.78, 5) is 0. The third-order valence-corrected chi connectivity index (χ3v) is 3.03. The fraction of sp³-hybridized carbons (Fsp3) is 0.0625. The Morgan fingerprint density at radius 2 is 1.95 bits per heavy atom. The normalized spacial score (nSPS) is 11.2. The lowest BCUT2D eigenvalue weighted by molar-refractivity contribution is 0.414. The molecule has 3 heteroatoms. The minimum Gasteiger partial charge on any atom is -0.497 e. The van der Waals surface area contributed by atoms with Crippen LogP contribution in [-0.2, 0) is 0 Å². The second-order valence-corrected chi connectivity index (χ2v) is 4.26. The van der Waals surface area contributed by atoms with E-state index < -0.39 is 0 Å². The highest BCUT2D eigenvalue weighted by Crippen LogP contribution is 2.19. The molecule has 3 rings (SSSR count). The fourth-order valence-electron chi connectivity index (χ4n) is 2.03. The predicted octanol–water partition coefficient (Wildman–Crippen LogP) is 3.74. The van der Waals surface area contributed by atoms with Gasteiger partial charge in [-0.1, -0.05) is 36.4 Å². The predicted molar refractivity (Wildman–Crippen MR) is 78.0 cm³/mol. The van der Waals surface area contributed by atoms with Crippen molar-refractivity contribution in [1.82, 2.24) is 10.2 Å². The molecule has 0 saturated carbocycles. The van der Waals surface area contributed by atoms with Crippen LogP contribution in [0.15, 0.2) is 48.5 Å². The number of H-pyrrole nitrogens is 1. The quantitative estimate of drug-likeness (QED) is 0.769. The summed E-state index contributed by atoms with van der Waals surface area (Å²) in [6, 6.07) is 16.0. The molecule has 0 spiro atoms. The molecule has 1 N–H and O–H groups in total. The molecule has 0 aliphatic heterocycles. The van der Waals surface area contributed by atoms with Crippen LogP contribution in [0.5, 0.6) is 5.75 Å². The van der Waals surface area contributed by atoms with Crippen molar-refractivity contribution >= 4 is 23.1 Å². The molecule has 0 aliphatic carbocycles. The zero-order chi connectivity index (χ0) is 13.1. The van der Waals surface area contributed by atoms with Crippen molar-refractivity contribution in [1.29, 1.82) is 0 Å². The van der Waals surface area contributed by atoms with Crippen molar-refractivity contribution in [2.45, 2.75) is 0 Å². The van der Waals surface area contributed by atoms with Crippen LogP contribution in [0.2, 0.25) is 0 Å². The molecule has 0 aliphatic rings. The van der Waals surface area contributed by atoms with Crippen LogP contribution in [0, 0.1) is 0 Å². The Morgan fingerprint density at radius 1 is 1.05 bits per heavy atom. The van der Waals surface area contributed by atoms with Gasteiger partial charge in [0.2, 0.25) is 0 Å². The van der Waals surface area contributed by atoms with Gasteiger partial charge in [-0.3, -0.25) is 5.10 Å². The Bertz CT molecular complexity index is 728. The van der Waals surface area contributed by atoms with E-state index in [1.165, 1.54) is 0 Å². The summed E-state index contributed by atoms with van der Waals surface area (Å²) >= 11 is 0. The van der Waals surface area contributed by atoms with Crippen molar-refractivity contribution in [2.24, 2.45) is 0 Å². The van der Waals surface area contributed by atoms with Gasteiger partial charge in [0, 0.05) is 5.39 Å². The largest absolute Gasteiger partial charge is 0.497 e. The first-order chi connectivity index (χ1) is 9.36. The summed E-state index contributed by atoms with van der Waals surface area (Å²) in [6.45, 7) is 0. The van der Waals surface area contributed by atoms with Crippen LogP contribution in [0.25, 0.3) is 23.1 Å². The van der Waals surface area contributed by atoms with Crippen molar-refractivity contribution in [3.8, 4) is 5.75 Å². The standard InChI is InChI=1S/C16H14N2O/c1-19-13-6-4-5-12(11-13)9-10-16-14-7-2-3-8-15(14)17-18-16/h2-11H,1H3,(H,17,18)/b10-9+. The number of fused-ring (bicyclic) bond motifs is 1. The first kappa shape index (κ1) is 11.5. The topological polar surface area (TPSA) is 37.9 Å². The highest BCUT2D eigenvalue weighted by atomic mass is 16.5. The minimum absolute atomic E-state index is 0.856. The van der Waals surface area contributed by atoms with Crippen LogP contribution >= 0.6 is 0 Å². The number of hydrogen-bond donors (Lipinski definition) is 1. The number of ether oxygens (including phenoxy) is 1. The number of benzene rings is 2. The van der Waals surface area contributed by atoms with Gasteiger partial charge in [0.25, 0.3) is 0 Å². The molecule has 0 fully saturated rings. The number of nitrogens with zero attached hydrogens (tertiary/aromatic N) is 1. The van der Waals surface area contributed by atoms with Gasteiger partial charge in [0.15, 0.2) is 0 Å². The van der Waals surface area contributed by atoms with Crippen molar-refractivity contribution in [3.63, 3.8) is 0 Å². The highest BCUT2D eigenvalue weighted by molar-refractivity contribution is 5.89. The smallest absolute Gasteiger partial charge is 0.119 e. The zero-order valence-corrected chi connectivity index (χ0v) is 10.6.